The van der Waals surface area contributed by atoms with Gasteiger partial charge in [-0.1, -0.05) is 0 Å². The molecule has 0 bridgehead atoms. The fraction of sp³-hybridized carbons (Fsp3) is 0.455. The zero-order chi connectivity index (χ0) is 13.5. The number of hydrogen-bond donors (Lipinski definition) is 4. The highest BCUT2D eigenvalue weighted by Gasteiger charge is 2.20. The van der Waals surface area contributed by atoms with Crippen molar-refractivity contribution in [3.8, 4) is 0 Å². The molecule has 18 heavy (non-hydrogen) atoms. The van der Waals surface area contributed by atoms with E-state index in [1.54, 1.807) is 19.1 Å². The van der Waals surface area contributed by atoms with Crippen LogP contribution < -0.4 is 10.6 Å². The number of carbonyl (C=O) groups excluding carboxylic acids is 1. The Balaban J connectivity index is 2.47. The molecule has 1 aromatic rings. The van der Waals surface area contributed by atoms with Gasteiger partial charge in [0.05, 0.1) is 12.3 Å². The zero-order valence-corrected chi connectivity index (χ0v) is 9.92. The number of aliphatic hydroxyl groups excluding tert-OH is 1. The van der Waals surface area contributed by atoms with E-state index in [1.807, 2.05) is 0 Å². The maximum atomic E-state index is 11.5. The first-order chi connectivity index (χ1) is 8.54. The predicted octanol–water partition coefficient (Wildman–Crippen LogP) is 0.475. The Kier molecular flexibility index (Phi) is 5.19. The molecule has 0 spiro atoms. The summed E-state index contributed by atoms with van der Waals surface area (Å²) in [6.45, 7) is 1.39. The van der Waals surface area contributed by atoms with Gasteiger partial charge in [-0.2, -0.15) is 0 Å². The van der Waals surface area contributed by atoms with Gasteiger partial charge in [0.2, 0.25) is 0 Å². The van der Waals surface area contributed by atoms with Gasteiger partial charge >= 0.3 is 12.0 Å². The fourth-order valence-electron chi connectivity index (χ4n) is 1.39. The van der Waals surface area contributed by atoms with E-state index in [2.05, 4.69) is 10.6 Å². The molecule has 0 aliphatic rings. The van der Waals surface area contributed by atoms with Gasteiger partial charge < -0.3 is 25.3 Å². The number of hydrogen-bond acceptors (Lipinski definition) is 4. The molecule has 2 amide bonds. The summed E-state index contributed by atoms with van der Waals surface area (Å²) < 4.78 is 5.10. The van der Waals surface area contributed by atoms with Crippen molar-refractivity contribution in [2.75, 3.05) is 6.61 Å². The first kappa shape index (κ1) is 14.0. The van der Waals surface area contributed by atoms with Crippen molar-refractivity contribution in [1.82, 2.24) is 10.6 Å². The minimum atomic E-state index is -1.19. The second kappa shape index (κ2) is 6.65. The van der Waals surface area contributed by atoms with Crippen LogP contribution in [0.2, 0.25) is 0 Å². The molecule has 0 aromatic carbocycles. The molecule has 7 heteroatoms. The van der Waals surface area contributed by atoms with Crippen LogP contribution in [0.5, 0.6) is 0 Å². The summed E-state index contributed by atoms with van der Waals surface area (Å²) in [6.07, 6.45) is 1.44. The van der Waals surface area contributed by atoms with E-state index in [0.717, 1.165) is 0 Å². The molecular weight excluding hydrogens is 240 g/mol. The van der Waals surface area contributed by atoms with Gasteiger partial charge in [0, 0.05) is 13.0 Å². The predicted molar refractivity (Wildman–Crippen MR) is 61.9 cm³/mol. The van der Waals surface area contributed by atoms with Gasteiger partial charge in [0.25, 0.3) is 0 Å². The van der Waals surface area contributed by atoms with Crippen LogP contribution >= 0.6 is 0 Å². The topological polar surface area (TPSA) is 112 Å². The molecule has 0 saturated carbocycles. The van der Waals surface area contributed by atoms with Gasteiger partial charge in [-0.15, -0.1) is 0 Å². The molecule has 4 N–H and O–H groups in total. The highest BCUT2D eigenvalue weighted by atomic mass is 16.4. The van der Waals surface area contributed by atoms with E-state index in [1.165, 1.54) is 6.26 Å². The van der Waals surface area contributed by atoms with Gasteiger partial charge in [-0.3, -0.25) is 0 Å². The van der Waals surface area contributed by atoms with E-state index in [-0.39, 0.29) is 19.1 Å². The second-order valence-corrected chi connectivity index (χ2v) is 3.76. The quantitative estimate of drug-likeness (QED) is 0.591. The largest absolute Gasteiger partial charge is 0.480 e. The molecular formula is C11H16N2O5. The number of aliphatic hydroxyl groups is 1. The molecule has 0 saturated heterocycles. The smallest absolute Gasteiger partial charge is 0.326 e. The summed E-state index contributed by atoms with van der Waals surface area (Å²) in [5, 5.41) is 22.3. The molecule has 1 aromatic heterocycles. The number of carbonyl (C=O) groups is 2. The van der Waals surface area contributed by atoms with Gasteiger partial charge in [-0.05, 0) is 19.1 Å². The van der Waals surface area contributed by atoms with Crippen LogP contribution in [0.1, 0.15) is 25.1 Å². The maximum Gasteiger partial charge on any atom is 0.326 e. The average molecular weight is 256 g/mol. The lowest BCUT2D eigenvalue weighted by molar-refractivity contribution is -0.139. The van der Waals surface area contributed by atoms with Crippen molar-refractivity contribution in [3.63, 3.8) is 0 Å². The van der Waals surface area contributed by atoms with Crippen molar-refractivity contribution < 1.29 is 24.2 Å². The third kappa shape index (κ3) is 4.10. The Morgan fingerprint density at radius 2 is 2.17 bits per heavy atom. The van der Waals surface area contributed by atoms with Crippen LogP contribution in [0.4, 0.5) is 4.79 Å². The Labute approximate surface area is 104 Å². The van der Waals surface area contributed by atoms with Gasteiger partial charge in [0.15, 0.2) is 0 Å². The SMILES string of the molecule is CC(NC(=O)NC(CCO)C(=O)O)c1ccco1. The monoisotopic (exact) mass is 256 g/mol. The molecule has 1 rings (SSSR count). The van der Waals surface area contributed by atoms with Crippen LogP contribution in [-0.4, -0.2) is 34.9 Å². The minimum Gasteiger partial charge on any atom is -0.480 e. The Morgan fingerprint density at radius 1 is 1.44 bits per heavy atom. The van der Waals surface area contributed by atoms with E-state index >= 15 is 0 Å². The van der Waals surface area contributed by atoms with Crippen LogP contribution in [0.25, 0.3) is 0 Å². The summed E-state index contributed by atoms with van der Waals surface area (Å²) in [4.78, 5) is 22.3. The summed E-state index contributed by atoms with van der Waals surface area (Å²) >= 11 is 0. The Hall–Kier alpha value is -2.02. The van der Waals surface area contributed by atoms with Crippen molar-refractivity contribution in [3.05, 3.63) is 24.2 Å². The normalized spacial score (nSPS) is 13.7. The van der Waals surface area contributed by atoms with Crippen molar-refractivity contribution >= 4 is 12.0 Å². The van der Waals surface area contributed by atoms with E-state index in [0.29, 0.717) is 5.76 Å². The van der Waals surface area contributed by atoms with Gasteiger partial charge in [0.1, 0.15) is 11.8 Å². The molecule has 2 unspecified atom stereocenters. The molecule has 0 aliphatic carbocycles. The van der Waals surface area contributed by atoms with Crippen molar-refractivity contribution in [2.45, 2.75) is 25.4 Å². The van der Waals surface area contributed by atoms with Crippen LogP contribution in [0, 0.1) is 0 Å². The molecule has 100 valence electrons. The van der Waals surface area contributed by atoms with E-state index in [9.17, 15) is 9.59 Å². The average Bonchev–Trinajstić information content (AvgIpc) is 2.81. The van der Waals surface area contributed by atoms with Crippen LogP contribution in [0.15, 0.2) is 22.8 Å². The number of carboxylic acids is 1. The van der Waals surface area contributed by atoms with E-state index in [4.69, 9.17) is 14.6 Å². The lowest BCUT2D eigenvalue weighted by Gasteiger charge is -2.16. The summed E-state index contributed by atoms with van der Waals surface area (Å²) in [5.41, 5.74) is 0. The van der Waals surface area contributed by atoms with Crippen molar-refractivity contribution in [1.29, 1.82) is 0 Å². The first-order valence-corrected chi connectivity index (χ1v) is 5.48. The molecule has 7 nitrogen and oxygen atoms in total. The standard InChI is InChI=1S/C11H16N2O5/c1-7(9-3-2-6-18-9)12-11(17)13-8(4-5-14)10(15)16/h2-3,6-8,14H,4-5H2,1H3,(H,15,16)(H2,12,13,17). The number of amides is 2. The van der Waals surface area contributed by atoms with Crippen molar-refractivity contribution in [2.24, 2.45) is 0 Å². The number of rotatable bonds is 6. The number of urea groups is 1. The Morgan fingerprint density at radius 3 is 2.67 bits per heavy atom. The van der Waals surface area contributed by atoms with Gasteiger partial charge in [-0.25, -0.2) is 9.59 Å². The number of carboxylic acid groups (broad SMARTS) is 1. The highest BCUT2D eigenvalue weighted by molar-refractivity contribution is 5.82. The second-order valence-electron chi connectivity index (χ2n) is 3.76. The fourth-order valence-corrected chi connectivity index (χ4v) is 1.39. The summed E-state index contributed by atoms with van der Waals surface area (Å²) in [5.74, 6) is -0.621. The number of furan rings is 1. The van der Waals surface area contributed by atoms with E-state index < -0.39 is 18.0 Å². The number of aliphatic carboxylic acids is 1. The third-order valence-corrected chi connectivity index (χ3v) is 2.34. The minimum absolute atomic E-state index is 0.0438. The molecule has 0 aliphatic heterocycles. The first-order valence-electron chi connectivity index (χ1n) is 5.48. The molecule has 2 atom stereocenters. The Bertz CT molecular complexity index is 390. The van der Waals surface area contributed by atoms with Crippen LogP contribution in [-0.2, 0) is 4.79 Å². The highest BCUT2D eigenvalue weighted by Crippen LogP contribution is 2.11. The summed E-state index contributed by atoms with van der Waals surface area (Å²) in [7, 11) is 0. The zero-order valence-electron chi connectivity index (χ0n) is 9.92. The summed E-state index contributed by atoms with van der Waals surface area (Å²) in [6, 6.07) is 1.28. The lowest BCUT2D eigenvalue weighted by Crippen LogP contribution is -2.46. The van der Waals surface area contributed by atoms with Crippen LogP contribution in [0.3, 0.4) is 0 Å². The maximum absolute atomic E-state index is 11.5. The molecule has 0 fully saturated rings. The molecule has 1 heterocycles. The third-order valence-electron chi connectivity index (χ3n) is 2.34. The number of nitrogens with one attached hydrogen (secondary N) is 2. The molecule has 0 radical (unpaired) electrons. The lowest BCUT2D eigenvalue weighted by atomic mass is 10.2.